The van der Waals surface area contributed by atoms with E-state index in [4.69, 9.17) is 4.74 Å². The van der Waals surface area contributed by atoms with Crippen LogP contribution in [-0.2, 0) is 9.53 Å². The van der Waals surface area contributed by atoms with Crippen LogP contribution in [0.4, 0.5) is 0 Å². The highest BCUT2D eigenvalue weighted by Gasteiger charge is 2.11. The van der Waals surface area contributed by atoms with Crippen LogP contribution in [0.3, 0.4) is 0 Å². The molecular weight excluding hydrogens is 166 g/mol. The molecule has 0 saturated heterocycles. The van der Waals surface area contributed by atoms with Crippen LogP contribution in [-0.4, -0.2) is 36.1 Å². The molecule has 0 bridgehead atoms. The maximum Gasteiger partial charge on any atom is 0.219 e. The molecule has 0 aromatic rings. The van der Waals surface area contributed by atoms with Gasteiger partial charge in [-0.15, -0.1) is 0 Å². The first-order chi connectivity index (χ1) is 5.95. The minimum absolute atomic E-state index is 0.113. The lowest BCUT2D eigenvalue weighted by Crippen LogP contribution is -2.38. The average molecular weight is 187 g/mol. The predicted octanol–water partition coefficient (Wildman–Crippen LogP) is 1.67. The maximum atomic E-state index is 11.1. The summed E-state index contributed by atoms with van der Waals surface area (Å²) in [5.74, 6) is 0.113. The molecule has 0 aliphatic rings. The largest absolute Gasteiger partial charge is 0.377 e. The zero-order chi connectivity index (χ0) is 10.4. The zero-order valence-electron chi connectivity index (χ0n) is 9.33. The van der Waals surface area contributed by atoms with Crippen molar-refractivity contribution in [1.82, 2.24) is 4.90 Å². The Morgan fingerprint density at radius 2 is 1.85 bits per heavy atom. The van der Waals surface area contributed by atoms with Gasteiger partial charge in [-0.1, -0.05) is 0 Å². The van der Waals surface area contributed by atoms with Crippen LogP contribution in [0.5, 0.6) is 0 Å². The van der Waals surface area contributed by atoms with E-state index in [2.05, 4.69) is 0 Å². The molecule has 0 aromatic carbocycles. The Hall–Kier alpha value is -0.570. The number of hydrogen-bond acceptors (Lipinski definition) is 2. The van der Waals surface area contributed by atoms with E-state index in [0.717, 1.165) is 0 Å². The number of rotatable bonds is 5. The molecule has 3 heteroatoms. The molecule has 0 atom stereocenters. The maximum absolute atomic E-state index is 11.1. The second kappa shape index (κ2) is 5.97. The second-order valence-electron chi connectivity index (χ2n) is 3.73. The highest BCUT2D eigenvalue weighted by atomic mass is 16.5. The van der Waals surface area contributed by atoms with Gasteiger partial charge in [0.05, 0.1) is 12.7 Å². The van der Waals surface area contributed by atoms with E-state index >= 15 is 0 Å². The van der Waals surface area contributed by atoms with Crippen LogP contribution in [0.2, 0.25) is 0 Å². The molecule has 78 valence electrons. The lowest BCUT2D eigenvalue weighted by atomic mass is 10.3. The molecule has 0 rings (SSSR count). The number of carbonyl (C=O) groups is 1. The topological polar surface area (TPSA) is 29.5 Å². The molecule has 0 fully saturated rings. The van der Waals surface area contributed by atoms with Crippen molar-refractivity contribution in [2.45, 2.75) is 46.8 Å². The Bertz CT molecular complexity index is 155. The van der Waals surface area contributed by atoms with Crippen LogP contribution in [0.1, 0.15) is 34.6 Å². The highest BCUT2D eigenvalue weighted by molar-refractivity contribution is 5.73. The van der Waals surface area contributed by atoms with Crippen molar-refractivity contribution in [3.8, 4) is 0 Å². The summed E-state index contributed by atoms with van der Waals surface area (Å²) in [5.41, 5.74) is 0. The van der Waals surface area contributed by atoms with E-state index in [1.54, 1.807) is 6.92 Å². The summed E-state index contributed by atoms with van der Waals surface area (Å²) >= 11 is 0. The van der Waals surface area contributed by atoms with Crippen molar-refractivity contribution < 1.29 is 9.53 Å². The number of hydrogen-bond donors (Lipinski definition) is 0. The van der Waals surface area contributed by atoms with Crippen molar-refractivity contribution in [1.29, 1.82) is 0 Å². The van der Waals surface area contributed by atoms with Gasteiger partial charge in [0.2, 0.25) is 5.91 Å². The fourth-order valence-corrected chi connectivity index (χ4v) is 1.17. The number of amides is 1. The molecule has 0 unspecified atom stereocenters. The third kappa shape index (κ3) is 5.64. The van der Waals surface area contributed by atoms with Gasteiger partial charge in [0, 0.05) is 19.5 Å². The van der Waals surface area contributed by atoms with E-state index < -0.39 is 0 Å². The van der Waals surface area contributed by atoms with Gasteiger partial charge in [0.1, 0.15) is 0 Å². The lowest BCUT2D eigenvalue weighted by Gasteiger charge is -2.25. The summed E-state index contributed by atoms with van der Waals surface area (Å²) in [6, 6.07) is 0.258. The van der Waals surface area contributed by atoms with Gasteiger partial charge in [-0.2, -0.15) is 0 Å². The first kappa shape index (κ1) is 12.4. The van der Waals surface area contributed by atoms with E-state index in [0.29, 0.717) is 13.2 Å². The van der Waals surface area contributed by atoms with Crippen LogP contribution in [0, 0.1) is 0 Å². The molecule has 0 aliphatic heterocycles. The Morgan fingerprint density at radius 1 is 1.31 bits per heavy atom. The van der Waals surface area contributed by atoms with E-state index in [9.17, 15) is 4.79 Å². The fourth-order valence-electron chi connectivity index (χ4n) is 1.17. The van der Waals surface area contributed by atoms with E-state index in [1.165, 1.54) is 0 Å². The molecule has 0 aromatic heterocycles. The summed E-state index contributed by atoms with van der Waals surface area (Å²) in [6.45, 7) is 10.9. The van der Waals surface area contributed by atoms with Crippen molar-refractivity contribution in [3.63, 3.8) is 0 Å². The molecule has 0 spiro atoms. The molecule has 0 N–H and O–H groups in total. The minimum atomic E-state index is 0.113. The number of nitrogens with zero attached hydrogens (tertiary/aromatic N) is 1. The quantitative estimate of drug-likeness (QED) is 0.655. The van der Waals surface area contributed by atoms with E-state index in [1.807, 2.05) is 32.6 Å². The monoisotopic (exact) mass is 187 g/mol. The molecule has 0 heterocycles. The molecule has 3 nitrogen and oxygen atoms in total. The van der Waals surface area contributed by atoms with Gasteiger partial charge in [-0.25, -0.2) is 0 Å². The van der Waals surface area contributed by atoms with Crippen LogP contribution >= 0.6 is 0 Å². The fraction of sp³-hybridized carbons (Fsp3) is 0.900. The summed E-state index contributed by atoms with van der Waals surface area (Å²) < 4.78 is 5.38. The smallest absolute Gasteiger partial charge is 0.219 e. The Morgan fingerprint density at radius 3 is 2.15 bits per heavy atom. The standard InChI is InChI=1S/C10H21NO2/c1-8(2)11(10(5)12)6-7-13-9(3)4/h8-9H,6-7H2,1-5H3. The van der Waals surface area contributed by atoms with Gasteiger partial charge in [-0.05, 0) is 27.7 Å². The number of ether oxygens (including phenoxy) is 1. The first-order valence-electron chi connectivity index (χ1n) is 4.84. The third-order valence-corrected chi connectivity index (χ3v) is 1.81. The van der Waals surface area contributed by atoms with Crippen LogP contribution < -0.4 is 0 Å². The second-order valence-corrected chi connectivity index (χ2v) is 3.73. The lowest BCUT2D eigenvalue weighted by molar-refractivity contribution is -0.131. The van der Waals surface area contributed by atoms with Crippen LogP contribution in [0.15, 0.2) is 0 Å². The average Bonchev–Trinajstić information content (AvgIpc) is 1.95. The SMILES string of the molecule is CC(=O)N(CCOC(C)C)C(C)C. The van der Waals surface area contributed by atoms with Crippen LogP contribution in [0.25, 0.3) is 0 Å². The molecule has 1 amide bonds. The van der Waals surface area contributed by atoms with Crippen molar-refractivity contribution in [3.05, 3.63) is 0 Å². The molecular formula is C10H21NO2. The summed E-state index contributed by atoms with van der Waals surface area (Å²) in [6.07, 6.45) is 0.237. The van der Waals surface area contributed by atoms with Gasteiger partial charge >= 0.3 is 0 Å². The molecule has 0 saturated carbocycles. The van der Waals surface area contributed by atoms with Gasteiger partial charge in [-0.3, -0.25) is 4.79 Å². The Balaban J connectivity index is 3.77. The normalized spacial score (nSPS) is 11.0. The number of carbonyl (C=O) groups excluding carboxylic acids is 1. The van der Waals surface area contributed by atoms with Gasteiger partial charge in [0.15, 0.2) is 0 Å². The molecule has 0 radical (unpaired) electrons. The van der Waals surface area contributed by atoms with Crippen molar-refractivity contribution in [2.75, 3.05) is 13.2 Å². The summed E-state index contributed by atoms with van der Waals surface area (Å²) in [4.78, 5) is 12.9. The van der Waals surface area contributed by atoms with E-state index in [-0.39, 0.29) is 18.1 Å². The zero-order valence-corrected chi connectivity index (χ0v) is 9.33. The van der Waals surface area contributed by atoms with Gasteiger partial charge in [0.25, 0.3) is 0 Å². The summed E-state index contributed by atoms with van der Waals surface area (Å²) in [7, 11) is 0. The Kier molecular flexibility index (Phi) is 5.71. The third-order valence-electron chi connectivity index (χ3n) is 1.81. The van der Waals surface area contributed by atoms with Crippen molar-refractivity contribution in [2.24, 2.45) is 0 Å². The summed E-state index contributed by atoms with van der Waals surface area (Å²) in [5, 5.41) is 0. The minimum Gasteiger partial charge on any atom is -0.377 e. The molecule has 0 aliphatic carbocycles. The van der Waals surface area contributed by atoms with Gasteiger partial charge < -0.3 is 9.64 Å². The molecule has 13 heavy (non-hydrogen) atoms. The first-order valence-corrected chi connectivity index (χ1v) is 4.84. The Labute approximate surface area is 81.1 Å². The predicted molar refractivity (Wildman–Crippen MR) is 53.6 cm³/mol. The van der Waals surface area contributed by atoms with Crippen molar-refractivity contribution >= 4 is 5.91 Å². The highest BCUT2D eigenvalue weighted by Crippen LogP contribution is 1.99.